The molecule has 0 unspecified atom stereocenters. The van der Waals surface area contributed by atoms with Gasteiger partial charge in [-0.2, -0.15) is 13.2 Å². The molecular weight excluding hydrogens is 491 g/mol. The SMILES string of the molecule is O=C(CSc1nnc(NC(=O)c2cc(-c3ccccc3)on2)s1)Nc1ccccc1C(F)(F)F. The number of benzene rings is 2. The largest absolute Gasteiger partial charge is 0.418 e. The lowest BCUT2D eigenvalue weighted by Gasteiger charge is -2.13. The number of thioether (sulfide) groups is 1. The van der Waals surface area contributed by atoms with Gasteiger partial charge in [0.2, 0.25) is 11.0 Å². The van der Waals surface area contributed by atoms with Crippen LogP contribution >= 0.6 is 23.1 Å². The maximum absolute atomic E-state index is 13.0. The van der Waals surface area contributed by atoms with E-state index in [1.165, 1.54) is 24.3 Å². The molecular formula is C21H14F3N5O3S2. The molecule has 0 radical (unpaired) electrons. The van der Waals surface area contributed by atoms with Crippen molar-refractivity contribution in [1.29, 1.82) is 0 Å². The zero-order valence-corrected chi connectivity index (χ0v) is 18.6. The molecule has 2 heterocycles. The fourth-order valence-corrected chi connectivity index (χ4v) is 4.30. The Morgan fingerprint density at radius 1 is 1.00 bits per heavy atom. The Morgan fingerprint density at radius 3 is 2.50 bits per heavy atom. The normalized spacial score (nSPS) is 11.3. The summed E-state index contributed by atoms with van der Waals surface area (Å²) in [5.41, 5.74) is -0.448. The van der Waals surface area contributed by atoms with Crippen LogP contribution in [0, 0.1) is 0 Å². The summed E-state index contributed by atoms with van der Waals surface area (Å²) in [4.78, 5) is 24.5. The lowest BCUT2D eigenvalue weighted by atomic mass is 10.1. The molecule has 0 aliphatic carbocycles. The summed E-state index contributed by atoms with van der Waals surface area (Å²) < 4.78 is 44.7. The van der Waals surface area contributed by atoms with Crippen molar-refractivity contribution in [2.75, 3.05) is 16.4 Å². The first-order valence-electron chi connectivity index (χ1n) is 9.55. The predicted octanol–water partition coefficient (Wildman–Crippen LogP) is 5.20. The second-order valence-electron chi connectivity index (χ2n) is 6.65. The van der Waals surface area contributed by atoms with Crippen molar-refractivity contribution in [1.82, 2.24) is 15.4 Å². The summed E-state index contributed by atoms with van der Waals surface area (Å²) in [5.74, 6) is -0.964. The number of rotatable bonds is 7. The lowest BCUT2D eigenvalue weighted by molar-refractivity contribution is -0.137. The van der Waals surface area contributed by atoms with Crippen molar-refractivity contribution in [3.63, 3.8) is 0 Å². The van der Waals surface area contributed by atoms with Crippen LogP contribution in [0.1, 0.15) is 16.1 Å². The number of nitrogens with one attached hydrogen (secondary N) is 2. The first-order valence-corrected chi connectivity index (χ1v) is 11.4. The van der Waals surface area contributed by atoms with Crippen molar-refractivity contribution >= 4 is 45.7 Å². The lowest BCUT2D eigenvalue weighted by Crippen LogP contribution is -2.18. The summed E-state index contributed by atoms with van der Waals surface area (Å²) in [6, 6.07) is 15.3. The Labute approximate surface area is 198 Å². The molecule has 174 valence electrons. The number of hydrogen-bond donors (Lipinski definition) is 2. The van der Waals surface area contributed by atoms with E-state index >= 15 is 0 Å². The molecule has 2 aromatic heterocycles. The van der Waals surface area contributed by atoms with Gasteiger partial charge in [0.15, 0.2) is 15.8 Å². The van der Waals surface area contributed by atoms with Crippen LogP contribution in [0.15, 0.2) is 69.5 Å². The third-order valence-corrected chi connectivity index (χ3v) is 6.23. The molecule has 0 saturated heterocycles. The van der Waals surface area contributed by atoms with Gasteiger partial charge < -0.3 is 9.84 Å². The highest BCUT2D eigenvalue weighted by molar-refractivity contribution is 8.01. The van der Waals surface area contributed by atoms with Gasteiger partial charge in [-0.25, -0.2) is 0 Å². The number of nitrogens with zero attached hydrogens (tertiary/aromatic N) is 3. The first-order chi connectivity index (χ1) is 16.3. The fourth-order valence-electron chi connectivity index (χ4n) is 2.75. The second-order valence-corrected chi connectivity index (χ2v) is 8.85. The number of carbonyl (C=O) groups excluding carboxylic acids is 2. The van der Waals surface area contributed by atoms with Gasteiger partial charge in [0.05, 0.1) is 17.0 Å². The van der Waals surface area contributed by atoms with Crippen LogP contribution in [0.25, 0.3) is 11.3 Å². The molecule has 13 heteroatoms. The van der Waals surface area contributed by atoms with Gasteiger partial charge in [-0.3, -0.25) is 14.9 Å². The Morgan fingerprint density at radius 2 is 1.74 bits per heavy atom. The van der Waals surface area contributed by atoms with Crippen molar-refractivity contribution in [3.05, 3.63) is 71.9 Å². The van der Waals surface area contributed by atoms with Crippen molar-refractivity contribution in [3.8, 4) is 11.3 Å². The number of para-hydroxylation sites is 1. The van der Waals surface area contributed by atoms with Crippen LogP contribution in [-0.4, -0.2) is 32.9 Å². The minimum Gasteiger partial charge on any atom is -0.355 e. The number of amides is 2. The number of anilines is 2. The number of hydrogen-bond acceptors (Lipinski definition) is 8. The molecule has 2 N–H and O–H groups in total. The van der Waals surface area contributed by atoms with Crippen LogP contribution in [0.3, 0.4) is 0 Å². The van der Waals surface area contributed by atoms with E-state index in [4.69, 9.17) is 4.52 Å². The van der Waals surface area contributed by atoms with Crippen LogP contribution in [0.4, 0.5) is 24.0 Å². The standard InChI is InChI=1S/C21H14F3N5O3S2/c22-21(23,24)13-8-4-5-9-14(13)25-17(30)11-33-20-28-27-19(34-20)26-18(31)15-10-16(32-29-15)12-6-2-1-3-7-12/h1-10H,11H2,(H,25,30)(H,26,27,31). The van der Waals surface area contributed by atoms with Crippen molar-refractivity contribution in [2.45, 2.75) is 10.5 Å². The molecule has 8 nitrogen and oxygen atoms in total. The van der Waals surface area contributed by atoms with E-state index in [0.29, 0.717) is 10.1 Å². The third-order valence-electron chi connectivity index (χ3n) is 4.26. The van der Waals surface area contributed by atoms with Crippen LogP contribution in [-0.2, 0) is 11.0 Å². The zero-order chi connectivity index (χ0) is 24.1. The summed E-state index contributed by atoms with van der Waals surface area (Å²) in [7, 11) is 0. The van der Waals surface area contributed by atoms with Gasteiger partial charge in [0.25, 0.3) is 5.91 Å². The Balaban J connectivity index is 1.32. The van der Waals surface area contributed by atoms with Crippen LogP contribution in [0.2, 0.25) is 0 Å². The minimum atomic E-state index is -4.59. The van der Waals surface area contributed by atoms with Crippen LogP contribution in [0.5, 0.6) is 0 Å². The first kappa shape index (κ1) is 23.4. The molecule has 4 rings (SSSR count). The molecule has 34 heavy (non-hydrogen) atoms. The van der Waals surface area contributed by atoms with Gasteiger partial charge in [-0.05, 0) is 12.1 Å². The van der Waals surface area contributed by atoms with E-state index < -0.39 is 23.6 Å². The Kier molecular flexibility index (Phi) is 6.93. The molecule has 0 spiro atoms. The number of carbonyl (C=O) groups is 2. The van der Waals surface area contributed by atoms with Gasteiger partial charge >= 0.3 is 6.18 Å². The van der Waals surface area contributed by atoms with E-state index in [0.717, 1.165) is 34.7 Å². The predicted molar refractivity (Wildman–Crippen MR) is 121 cm³/mol. The van der Waals surface area contributed by atoms with Gasteiger partial charge in [0.1, 0.15) is 0 Å². The van der Waals surface area contributed by atoms with Gasteiger partial charge in [-0.1, -0.05) is 70.7 Å². The molecule has 0 aliphatic heterocycles. The molecule has 2 aromatic carbocycles. The average molecular weight is 506 g/mol. The van der Waals surface area contributed by atoms with Crippen LogP contribution < -0.4 is 10.6 Å². The number of halogens is 3. The highest BCUT2D eigenvalue weighted by atomic mass is 32.2. The monoisotopic (exact) mass is 505 g/mol. The molecule has 0 aliphatic rings. The summed E-state index contributed by atoms with van der Waals surface area (Å²) in [6.07, 6.45) is -4.59. The topological polar surface area (TPSA) is 110 Å². The summed E-state index contributed by atoms with van der Waals surface area (Å²) >= 11 is 1.98. The van der Waals surface area contributed by atoms with Gasteiger partial charge in [-0.15, -0.1) is 10.2 Å². The third kappa shape index (κ3) is 5.80. The van der Waals surface area contributed by atoms with E-state index in [-0.39, 0.29) is 22.3 Å². The fraction of sp³-hybridized carbons (Fsp3) is 0.0952. The molecule has 2 amide bonds. The Hall–Kier alpha value is -3.71. The van der Waals surface area contributed by atoms with E-state index in [1.54, 1.807) is 0 Å². The van der Waals surface area contributed by atoms with Crippen molar-refractivity contribution < 1.29 is 27.3 Å². The van der Waals surface area contributed by atoms with E-state index in [2.05, 4.69) is 26.0 Å². The second kappa shape index (κ2) is 10.1. The zero-order valence-electron chi connectivity index (χ0n) is 17.0. The van der Waals surface area contributed by atoms with Gasteiger partial charge in [0, 0.05) is 11.6 Å². The molecule has 0 fully saturated rings. The van der Waals surface area contributed by atoms with E-state index in [1.807, 2.05) is 30.3 Å². The smallest absolute Gasteiger partial charge is 0.355 e. The highest BCUT2D eigenvalue weighted by Crippen LogP contribution is 2.35. The number of alkyl halides is 3. The molecule has 4 aromatic rings. The summed E-state index contributed by atoms with van der Waals surface area (Å²) in [6.45, 7) is 0. The molecule has 0 atom stereocenters. The Bertz CT molecular complexity index is 1310. The molecule has 0 saturated carbocycles. The summed E-state index contributed by atoms with van der Waals surface area (Å²) in [5, 5.41) is 16.4. The van der Waals surface area contributed by atoms with Crippen molar-refractivity contribution in [2.24, 2.45) is 0 Å². The maximum Gasteiger partial charge on any atom is 0.418 e. The van der Waals surface area contributed by atoms with E-state index in [9.17, 15) is 22.8 Å². The molecule has 0 bridgehead atoms. The number of aromatic nitrogens is 3. The quantitative estimate of drug-likeness (QED) is 0.263. The minimum absolute atomic E-state index is 0.0472. The maximum atomic E-state index is 13.0. The average Bonchev–Trinajstić information content (AvgIpc) is 3.48. The highest BCUT2D eigenvalue weighted by Gasteiger charge is 2.33.